The van der Waals surface area contributed by atoms with Crippen molar-refractivity contribution in [3.63, 3.8) is 0 Å². The molecular formula is C23H20N4O3S. The Morgan fingerprint density at radius 3 is 2.45 bits per heavy atom. The lowest BCUT2D eigenvalue weighted by molar-refractivity contribution is -0.116. The number of hydrogen-bond acceptors (Lipinski definition) is 5. The van der Waals surface area contributed by atoms with Crippen molar-refractivity contribution in [3.05, 3.63) is 82.9 Å². The maximum atomic E-state index is 12.9. The Balaban J connectivity index is 1.50. The summed E-state index contributed by atoms with van der Waals surface area (Å²) in [5.74, 6) is -0.470. The van der Waals surface area contributed by atoms with Gasteiger partial charge >= 0.3 is 0 Å². The first kappa shape index (κ1) is 20.5. The fourth-order valence-electron chi connectivity index (χ4n) is 3.13. The van der Waals surface area contributed by atoms with Gasteiger partial charge in [0.1, 0.15) is 11.4 Å². The van der Waals surface area contributed by atoms with Gasteiger partial charge in [0.15, 0.2) is 0 Å². The Morgan fingerprint density at radius 1 is 1.06 bits per heavy atom. The van der Waals surface area contributed by atoms with Crippen molar-refractivity contribution in [3.8, 4) is 10.4 Å². The summed E-state index contributed by atoms with van der Waals surface area (Å²) in [5, 5.41) is 3.23. The van der Waals surface area contributed by atoms with E-state index in [0.29, 0.717) is 21.5 Å². The zero-order valence-corrected chi connectivity index (χ0v) is 17.8. The fraction of sp³-hybridized carbons (Fsp3) is 0.130. The van der Waals surface area contributed by atoms with Crippen molar-refractivity contribution >= 4 is 39.1 Å². The Bertz CT molecular complexity index is 1310. The number of carbonyl (C=O) groups is 2. The molecule has 0 fully saturated rings. The lowest BCUT2D eigenvalue weighted by Gasteiger charge is -2.11. The average molecular weight is 433 g/mol. The molecule has 7 nitrogen and oxygen atoms in total. The maximum Gasteiger partial charge on any atom is 0.262 e. The van der Waals surface area contributed by atoms with Gasteiger partial charge in [-0.1, -0.05) is 30.3 Å². The van der Waals surface area contributed by atoms with Crippen LogP contribution in [-0.2, 0) is 11.3 Å². The molecule has 0 spiro atoms. The molecule has 4 rings (SSSR count). The number of hydrogen-bond donors (Lipinski definition) is 1. The zero-order chi connectivity index (χ0) is 22.0. The molecule has 31 heavy (non-hydrogen) atoms. The number of fused-ring (bicyclic) bond motifs is 1. The van der Waals surface area contributed by atoms with Crippen LogP contribution < -0.4 is 10.9 Å². The van der Waals surface area contributed by atoms with E-state index in [1.54, 1.807) is 38.4 Å². The standard InChI is InChI=1S/C23H20N4O3S/c1-26(2)22(29)16-8-10-17(11-9-16)25-20(28)13-27-14-24-21-18(23(27)30)12-19(31-21)15-6-4-3-5-7-15/h3-12,14H,13H2,1-2H3,(H,25,28). The second-order valence-electron chi connectivity index (χ2n) is 7.20. The number of amides is 2. The van der Waals surface area contributed by atoms with E-state index in [2.05, 4.69) is 10.3 Å². The monoisotopic (exact) mass is 432 g/mol. The Hall–Kier alpha value is -3.78. The van der Waals surface area contributed by atoms with Crippen LogP contribution in [0.2, 0.25) is 0 Å². The van der Waals surface area contributed by atoms with E-state index in [1.807, 2.05) is 36.4 Å². The van der Waals surface area contributed by atoms with Crippen molar-refractivity contribution in [2.45, 2.75) is 6.54 Å². The normalized spacial score (nSPS) is 10.8. The summed E-state index contributed by atoms with van der Waals surface area (Å²) in [6, 6.07) is 18.2. The van der Waals surface area contributed by atoms with Crippen LogP contribution in [0.5, 0.6) is 0 Å². The van der Waals surface area contributed by atoms with Gasteiger partial charge in [-0.2, -0.15) is 0 Å². The molecule has 2 aromatic carbocycles. The molecule has 0 aliphatic heterocycles. The van der Waals surface area contributed by atoms with Crippen molar-refractivity contribution in [1.29, 1.82) is 0 Å². The summed E-state index contributed by atoms with van der Waals surface area (Å²) < 4.78 is 1.29. The molecule has 0 unspecified atom stereocenters. The minimum atomic E-state index is -0.353. The molecule has 0 aliphatic carbocycles. The van der Waals surface area contributed by atoms with Gasteiger partial charge in [0.2, 0.25) is 5.91 Å². The number of thiophene rings is 1. The van der Waals surface area contributed by atoms with Crippen molar-refractivity contribution < 1.29 is 9.59 Å². The molecule has 0 saturated carbocycles. The largest absolute Gasteiger partial charge is 0.345 e. The van der Waals surface area contributed by atoms with Crippen LogP contribution in [0.3, 0.4) is 0 Å². The lowest BCUT2D eigenvalue weighted by Crippen LogP contribution is -2.27. The van der Waals surface area contributed by atoms with Gasteiger partial charge in [0.25, 0.3) is 11.5 Å². The van der Waals surface area contributed by atoms with E-state index in [-0.39, 0.29) is 23.9 Å². The predicted molar refractivity (Wildman–Crippen MR) is 122 cm³/mol. The molecule has 8 heteroatoms. The van der Waals surface area contributed by atoms with Gasteiger partial charge in [0.05, 0.1) is 11.7 Å². The molecule has 156 valence electrons. The van der Waals surface area contributed by atoms with Crippen LogP contribution in [-0.4, -0.2) is 40.4 Å². The first-order chi connectivity index (χ1) is 14.9. The number of nitrogens with zero attached hydrogens (tertiary/aromatic N) is 3. The van der Waals surface area contributed by atoms with Crippen LogP contribution in [0.15, 0.2) is 71.8 Å². The smallest absolute Gasteiger partial charge is 0.262 e. The van der Waals surface area contributed by atoms with E-state index in [0.717, 1.165) is 10.4 Å². The number of aromatic nitrogens is 2. The molecule has 4 aromatic rings. The van der Waals surface area contributed by atoms with Crippen molar-refractivity contribution in [1.82, 2.24) is 14.5 Å². The molecule has 2 heterocycles. The van der Waals surface area contributed by atoms with Gasteiger partial charge < -0.3 is 10.2 Å². The van der Waals surface area contributed by atoms with Crippen LogP contribution in [0.25, 0.3) is 20.7 Å². The summed E-state index contributed by atoms with van der Waals surface area (Å²) >= 11 is 1.44. The third-order valence-electron chi connectivity index (χ3n) is 4.71. The quantitative estimate of drug-likeness (QED) is 0.523. The van der Waals surface area contributed by atoms with E-state index in [1.165, 1.54) is 27.1 Å². The minimum absolute atomic E-state index is 0.116. The van der Waals surface area contributed by atoms with Crippen LogP contribution in [0.1, 0.15) is 10.4 Å². The van der Waals surface area contributed by atoms with E-state index >= 15 is 0 Å². The summed E-state index contributed by atoms with van der Waals surface area (Å²) in [6.45, 7) is -0.156. The summed E-state index contributed by atoms with van der Waals surface area (Å²) in [6.07, 6.45) is 1.40. The van der Waals surface area contributed by atoms with Crippen molar-refractivity contribution in [2.24, 2.45) is 0 Å². The van der Waals surface area contributed by atoms with Crippen LogP contribution in [0.4, 0.5) is 5.69 Å². The highest BCUT2D eigenvalue weighted by atomic mass is 32.1. The topological polar surface area (TPSA) is 84.3 Å². The van der Waals surface area contributed by atoms with Gasteiger partial charge in [-0.15, -0.1) is 11.3 Å². The Morgan fingerprint density at radius 2 is 1.77 bits per heavy atom. The van der Waals surface area contributed by atoms with E-state index < -0.39 is 0 Å². The molecule has 0 saturated heterocycles. The third kappa shape index (κ3) is 4.39. The number of rotatable bonds is 5. The third-order valence-corrected chi connectivity index (χ3v) is 5.80. The molecule has 2 aromatic heterocycles. The predicted octanol–water partition coefficient (Wildman–Crippen LogP) is 3.47. The number of carbonyl (C=O) groups excluding carboxylic acids is 2. The fourth-order valence-corrected chi connectivity index (χ4v) is 4.12. The van der Waals surface area contributed by atoms with Gasteiger partial charge in [-0.25, -0.2) is 4.98 Å². The highest BCUT2D eigenvalue weighted by Crippen LogP contribution is 2.30. The molecular weight excluding hydrogens is 412 g/mol. The lowest BCUT2D eigenvalue weighted by atomic mass is 10.2. The molecule has 1 N–H and O–H groups in total. The van der Waals surface area contributed by atoms with Crippen LogP contribution in [0, 0.1) is 0 Å². The highest BCUT2D eigenvalue weighted by molar-refractivity contribution is 7.21. The first-order valence-electron chi connectivity index (χ1n) is 9.58. The maximum absolute atomic E-state index is 12.9. The molecule has 0 radical (unpaired) electrons. The summed E-state index contributed by atoms with van der Waals surface area (Å²) in [5.41, 5.74) is 1.83. The van der Waals surface area contributed by atoms with E-state index in [4.69, 9.17) is 0 Å². The molecule has 0 atom stereocenters. The Labute approximate surface area is 182 Å². The second kappa shape index (κ2) is 8.53. The van der Waals surface area contributed by atoms with Gasteiger partial charge in [0, 0.05) is 30.2 Å². The average Bonchev–Trinajstić information content (AvgIpc) is 3.21. The SMILES string of the molecule is CN(C)C(=O)c1ccc(NC(=O)Cn2cnc3sc(-c4ccccc4)cc3c2=O)cc1. The van der Waals surface area contributed by atoms with E-state index in [9.17, 15) is 14.4 Å². The highest BCUT2D eigenvalue weighted by Gasteiger charge is 2.13. The molecule has 0 aliphatic rings. The Kier molecular flexibility index (Phi) is 5.64. The van der Waals surface area contributed by atoms with Crippen molar-refractivity contribution in [2.75, 3.05) is 19.4 Å². The van der Waals surface area contributed by atoms with Gasteiger partial charge in [-0.3, -0.25) is 19.0 Å². The number of benzene rings is 2. The van der Waals surface area contributed by atoms with Crippen LogP contribution >= 0.6 is 11.3 Å². The molecule has 0 bridgehead atoms. The molecule has 2 amide bonds. The number of nitrogens with one attached hydrogen (secondary N) is 1. The minimum Gasteiger partial charge on any atom is -0.345 e. The number of anilines is 1. The second-order valence-corrected chi connectivity index (χ2v) is 8.23. The van der Waals surface area contributed by atoms with Gasteiger partial charge in [-0.05, 0) is 35.9 Å². The first-order valence-corrected chi connectivity index (χ1v) is 10.4. The zero-order valence-electron chi connectivity index (χ0n) is 17.0. The summed E-state index contributed by atoms with van der Waals surface area (Å²) in [7, 11) is 3.35. The summed E-state index contributed by atoms with van der Waals surface area (Å²) in [4.78, 5) is 44.7.